The molecular formula is C13H12N6. The molecule has 6 heteroatoms. The fourth-order valence-corrected chi connectivity index (χ4v) is 1.88. The van der Waals surface area contributed by atoms with E-state index < -0.39 is 0 Å². The highest BCUT2D eigenvalue weighted by Gasteiger charge is 2.13. The zero-order chi connectivity index (χ0) is 13.2. The number of aromatic nitrogens is 4. The van der Waals surface area contributed by atoms with Crippen molar-refractivity contribution in [2.75, 3.05) is 11.5 Å². The van der Waals surface area contributed by atoms with Gasteiger partial charge in [-0.05, 0) is 40.8 Å². The quantitative estimate of drug-likeness (QED) is 0.674. The molecule has 94 valence electrons. The smallest absolute Gasteiger partial charge is 0.189 e. The van der Waals surface area contributed by atoms with E-state index in [1.165, 1.54) is 0 Å². The summed E-state index contributed by atoms with van der Waals surface area (Å²) < 4.78 is 1.64. The Kier molecular flexibility index (Phi) is 2.60. The number of nitrogens with zero attached hydrogens (tertiary/aromatic N) is 4. The van der Waals surface area contributed by atoms with E-state index in [-0.39, 0.29) is 0 Å². The Hall–Kier alpha value is -2.89. The van der Waals surface area contributed by atoms with Gasteiger partial charge in [-0.15, -0.1) is 5.10 Å². The molecule has 0 aliphatic heterocycles. The van der Waals surface area contributed by atoms with Crippen LogP contribution in [0.2, 0.25) is 0 Å². The molecule has 0 amide bonds. The van der Waals surface area contributed by atoms with Crippen LogP contribution in [0.1, 0.15) is 0 Å². The topological polar surface area (TPSA) is 95.6 Å². The summed E-state index contributed by atoms with van der Waals surface area (Å²) in [7, 11) is 0. The Morgan fingerprint density at radius 3 is 2.47 bits per heavy atom. The first-order valence-corrected chi connectivity index (χ1v) is 5.75. The number of benzene rings is 2. The zero-order valence-corrected chi connectivity index (χ0v) is 10.1. The highest BCUT2D eigenvalue weighted by molar-refractivity contribution is 5.75. The zero-order valence-electron chi connectivity index (χ0n) is 10.1. The summed E-state index contributed by atoms with van der Waals surface area (Å²) in [6.07, 6.45) is 0. The molecule has 0 aliphatic rings. The number of hydrogen-bond donors (Lipinski definition) is 2. The van der Waals surface area contributed by atoms with Crippen LogP contribution in [0.4, 0.5) is 11.4 Å². The highest BCUT2D eigenvalue weighted by atomic mass is 15.5. The molecule has 19 heavy (non-hydrogen) atoms. The van der Waals surface area contributed by atoms with Gasteiger partial charge in [-0.1, -0.05) is 18.2 Å². The number of hydrogen-bond acceptors (Lipinski definition) is 5. The molecule has 2 aromatic carbocycles. The van der Waals surface area contributed by atoms with E-state index in [1.807, 2.05) is 36.4 Å². The van der Waals surface area contributed by atoms with Gasteiger partial charge in [0.1, 0.15) is 0 Å². The Balaban J connectivity index is 2.15. The molecule has 0 aliphatic carbocycles. The summed E-state index contributed by atoms with van der Waals surface area (Å²) in [5, 5.41) is 11.7. The van der Waals surface area contributed by atoms with E-state index in [9.17, 15) is 0 Å². The van der Waals surface area contributed by atoms with Gasteiger partial charge in [0.25, 0.3) is 0 Å². The van der Waals surface area contributed by atoms with Crippen molar-refractivity contribution in [2.45, 2.75) is 0 Å². The van der Waals surface area contributed by atoms with Gasteiger partial charge in [0.15, 0.2) is 5.82 Å². The number of para-hydroxylation sites is 1. The first kappa shape index (κ1) is 11.2. The molecule has 1 heterocycles. The lowest BCUT2D eigenvalue weighted by molar-refractivity contribution is 0.791. The summed E-state index contributed by atoms with van der Waals surface area (Å²) >= 11 is 0. The number of tetrazole rings is 1. The summed E-state index contributed by atoms with van der Waals surface area (Å²) in [5.74, 6) is 0.587. The fraction of sp³-hybridized carbons (Fsp3) is 0. The maximum Gasteiger partial charge on any atom is 0.189 e. The normalized spacial score (nSPS) is 10.5. The van der Waals surface area contributed by atoms with Crippen molar-refractivity contribution in [3.63, 3.8) is 0 Å². The van der Waals surface area contributed by atoms with Crippen LogP contribution in [0.5, 0.6) is 0 Å². The Morgan fingerprint density at radius 1 is 0.947 bits per heavy atom. The van der Waals surface area contributed by atoms with Crippen LogP contribution >= 0.6 is 0 Å². The lowest BCUT2D eigenvalue weighted by atomic mass is 10.1. The van der Waals surface area contributed by atoms with Crippen LogP contribution in [0, 0.1) is 0 Å². The summed E-state index contributed by atoms with van der Waals surface area (Å²) in [5.41, 5.74) is 14.4. The van der Waals surface area contributed by atoms with E-state index in [1.54, 1.807) is 16.8 Å². The van der Waals surface area contributed by atoms with Crippen LogP contribution in [0.15, 0.2) is 48.5 Å². The van der Waals surface area contributed by atoms with E-state index >= 15 is 0 Å². The lowest BCUT2D eigenvalue weighted by Gasteiger charge is -2.07. The largest absolute Gasteiger partial charge is 0.399 e. The van der Waals surface area contributed by atoms with Gasteiger partial charge in [0, 0.05) is 16.9 Å². The molecule has 0 unspecified atom stereocenters. The first-order chi connectivity index (χ1) is 9.25. The number of rotatable bonds is 2. The van der Waals surface area contributed by atoms with E-state index in [0.717, 1.165) is 11.3 Å². The van der Waals surface area contributed by atoms with Gasteiger partial charge in [0.05, 0.1) is 5.69 Å². The van der Waals surface area contributed by atoms with Crippen molar-refractivity contribution < 1.29 is 0 Å². The molecule has 0 saturated heterocycles. The Labute approximate surface area is 109 Å². The first-order valence-electron chi connectivity index (χ1n) is 5.75. The molecule has 6 nitrogen and oxygen atoms in total. The third-order valence-electron chi connectivity index (χ3n) is 2.79. The van der Waals surface area contributed by atoms with Gasteiger partial charge in [-0.2, -0.15) is 4.68 Å². The van der Waals surface area contributed by atoms with Crippen molar-refractivity contribution in [2.24, 2.45) is 0 Å². The second-order valence-electron chi connectivity index (χ2n) is 4.10. The van der Waals surface area contributed by atoms with Gasteiger partial charge >= 0.3 is 0 Å². The van der Waals surface area contributed by atoms with Gasteiger partial charge in [0.2, 0.25) is 0 Å². The van der Waals surface area contributed by atoms with E-state index in [2.05, 4.69) is 15.5 Å². The third-order valence-corrected chi connectivity index (χ3v) is 2.79. The van der Waals surface area contributed by atoms with Gasteiger partial charge < -0.3 is 11.5 Å². The van der Waals surface area contributed by atoms with E-state index in [4.69, 9.17) is 11.5 Å². The highest BCUT2D eigenvalue weighted by Crippen LogP contribution is 2.26. The molecule has 0 fully saturated rings. The molecule has 0 radical (unpaired) electrons. The minimum absolute atomic E-state index is 0.548. The van der Waals surface area contributed by atoms with Crippen LogP contribution in [0.3, 0.4) is 0 Å². The summed E-state index contributed by atoms with van der Waals surface area (Å²) in [6, 6.07) is 14.9. The minimum atomic E-state index is 0.548. The molecule has 0 spiro atoms. The fourth-order valence-electron chi connectivity index (χ4n) is 1.88. The molecule has 0 saturated carbocycles. The van der Waals surface area contributed by atoms with Gasteiger partial charge in [-0.25, -0.2) is 0 Å². The van der Waals surface area contributed by atoms with Crippen LogP contribution in [0.25, 0.3) is 17.1 Å². The molecular weight excluding hydrogens is 240 g/mol. The number of nitrogen functional groups attached to an aromatic ring is 2. The molecule has 3 rings (SSSR count). The SMILES string of the molecule is Nc1ccc(-c2nnnn2-c2ccccc2)c(N)c1. The number of nitrogens with two attached hydrogens (primary N) is 2. The average molecular weight is 252 g/mol. The lowest BCUT2D eigenvalue weighted by Crippen LogP contribution is -2.02. The molecule has 0 atom stereocenters. The van der Waals surface area contributed by atoms with Crippen LogP contribution in [-0.4, -0.2) is 20.2 Å². The second kappa shape index (κ2) is 4.41. The third kappa shape index (κ3) is 1.99. The van der Waals surface area contributed by atoms with Crippen LogP contribution in [-0.2, 0) is 0 Å². The Bertz CT molecular complexity index is 704. The number of anilines is 2. The Morgan fingerprint density at radius 2 is 1.74 bits per heavy atom. The average Bonchev–Trinajstić information content (AvgIpc) is 2.89. The second-order valence-corrected chi connectivity index (χ2v) is 4.10. The van der Waals surface area contributed by atoms with E-state index in [0.29, 0.717) is 17.2 Å². The van der Waals surface area contributed by atoms with Crippen molar-refractivity contribution in [1.29, 1.82) is 0 Å². The van der Waals surface area contributed by atoms with Gasteiger partial charge in [-0.3, -0.25) is 0 Å². The maximum absolute atomic E-state index is 5.97. The molecule has 3 aromatic rings. The predicted octanol–water partition coefficient (Wildman–Crippen LogP) is 1.49. The van der Waals surface area contributed by atoms with Crippen molar-refractivity contribution in [3.8, 4) is 17.1 Å². The molecule has 4 N–H and O–H groups in total. The van der Waals surface area contributed by atoms with Crippen molar-refractivity contribution in [1.82, 2.24) is 20.2 Å². The van der Waals surface area contributed by atoms with Crippen LogP contribution < -0.4 is 11.5 Å². The monoisotopic (exact) mass is 252 g/mol. The summed E-state index contributed by atoms with van der Waals surface area (Å²) in [6.45, 7) is 0. The minimum Gasteiger partial charge on any atom is -0.399 e. The molecule has 0 bridgehead atoms. The van der Waals surface area contributed by atoms with Crippen molar-refractivity contribution in [3.05, 3.63) is 48.5 Å². The predicted molar refractivity (Wildman–Crippen MR) is 73.4 cm³/mol. The molecule has 1 aromatic heterocycles. The standard InChI is InChI=1S/C13H12N6/c14-9-6-7-11(12(15)8-9)13-16-17-18-19(13)10-4-2-1-3-5-10/h1-8H,14-15H2. The summed E-state index contributed by atoms with van der Waals surface area (Å²) in [4.78, 5) is 0. The maximum atomic E-state index is 5.97. The van der Waals surface area contributed by atoms with Crippen molar-refractivity contribution >= 4 is 11.4 Å².